The van der Waals surface area contributed by atoms with Gasteiger partial charge in [-0.2, -0.15) is 0 Å². The molecule has 0 spiro atoms. The van der Waals surface area contributed by atoms with Crippen molar-refractivity contribution in [2.75, 3.05) is 9.71 Å². The lowest BCUT2D eigenvalue weighted by Gasteiger charge is -2.45. The summed E-state index contributed by atoms with van der Waals surface area (Å²) in [4.78, 5) is 4.99. The van der Waals surface area contributed by atoms with Crippen molar-refractivity contribution in [3.63, 3.8) is 0 Å². The fourth-order valence-corrected chi connectivity index (χ4v) is 8.10. The lowest BCUT2D eigenvalue weighted by atomic mass is 9.33. The summed E-state index contributed by atoms with van der Waals surface area (Å²) in [5.74, 6) is 1.84. The third-order valence-electron chi connectivity index (χ3n) is 9.93. The summed E-state index contributed by atoms with van der Waals surface area (Å²) >= 11 is 0. The Kier molecular flexibility index (Phi) is 5.76. The molecule has 0 unspecified atom stereocenters. The van der Waals surface area contributed by atoms with Crippen LogP contribution >= 0.6 is 0 Å². The van der Waals surface area contributed by atoms with E-state index in [-0.39, 0.29) is 13.6 Å². The predicted octanol–water partition coefficient (Wildman–Crippen LogP) is 7.02. The molecule has 7 aromatic carbocycles. The van der Waals surface area contributed by atoms with Gasteiger partial charge in [-0.3, -0.25) is 0 Å². The van der Waals surface area contributed by atoms with Crippen molar-refractivity contribution in [1.29, 1.82) is 0 Å². The predicted molar refractivity (Wildman–Crippen MR) is 198 cm³/mol. The zero-order valence-electron chi connectivity index (χ0n) is 25.6. The molecule has 0 amide bonds. The van der Waals surface area contributed by atoms with Crippen LogP contribution in [-0.4, -0.2) is 13.6 Å². The van der Waals surface area contributed by atoms with Gasteiger partial charge in [0, 0.05) is 33.9 Å². The number of hydrogen-bond donors (Lipinski definition) is 0. The Morgan fingerprint density at radius 2 is 1.06 bits per heavy atom. The van der Waals surface area contributed by atoms with Gasteiger partial charge in [0.15, 0.2) is 0 Å². The molecule has 3 aliphatic heterocycles. The average molecular weight is 598 g/mol. The van der Waals surface area contributed by atoms with Crippen molar-refractivity contribution in [3.8, 4) is 22.6 Å². The number of fused-ring (bicyclic) bond motifs is 8. The van der Waals surface area contributed by atoms with Crippen LogP contribution in [0.5, 0.6) is 11.5 Å². The standard InChI is InChI=1S/C42H28B2N2O/c1-4-16-29(17-5-1)44-35-28-39-41-42(40(35)32-22-10-13-25-36(32)46(44)31-20-8-3-9-21-31)45(30-18-6-2-7-19-30)37-26-14-11-23-33(37)43(41)34-24-12-15-27-38(34)47-39/h1-28H. The molecule has 0 saturated heterocycles. The van der Waals surface area contributed by atoms with Crippen LogP contribution in [0.4, 0.5) is 28.4 Å². The molecule has 218 valence electrons. The average Bonchev–Trinajstić information content (AvgIpc) is 3.15. The van der Waals surface area contributed by atoms with E-state index in [0.717, 1.165) is 22.9 Å². The molecule has 47 heavy (non-hydrogen) atoms. The monoisotopic (exact) mass is 598 g/mol. The van der Waals surface area contributed by atoms with Crippen molar-refractivity contribution in [2.24, 2.45) is 0 Å². The molecule has 0 fully saturated rings. The van der Waals surface area contributed by atoms with E-state index < -0.39 is 0 Å². The van der Waals surface area contributed by atoms with Crippen LogP contribution < -0.4 is 41.8 Å². The van der Waals surface area contributed by atoms with Gasteiger partial charge in [0.1, 0.15) is 11.5 Å². The summed E-state index contributed by atoms with van der Waals surface area (Å²) in [6.45, 7) is -0.0417. The molecular weight excluding hydrogens is 570 g/mol. The Balaban J connectivity index is 1.37. The van der Waals surface area contributed by atoms with Crippen molar-refractivity contribution in [1.82, 2.24) is 0 Å². The minimum atomic E-state index is -0.0842. The summed E-state index contributed by atoms with van der Waals surface area (Å²) in [7, 11) is 0. The van der Waals surface area contributed by atoms with Gasteiger partial charge >= 0.3 is 6.85 Å². The van der Waals surface area contributed by atoms with E-state index in [1.807, 2.05) is 0 Å². The fourth-order valence-electron chi connectivity index (χ4n) is 8.10. The third kappa shape index (κ3) is 3.83. The number of para-hydroxylation sites is 5. The molecule has 0 saturated carbocycles. The van der Waals surface area contributed by atoms with Crippen LogP contribution in [0.15, 0.2) is 170 Å². The van der Waals surface area contributed by atoms with Crippen molar-refractivity contribution in [2.45, 2.75) is 0 Å². The van der Waals surface area contributed by atoms with E-state index in [9.17, 15) is 0 Å². The third-order valence-corrected chi connectivity index (χ3v) is 9.93. The van der Waals surface area contributed by atoms with Crippen molar-refractivity contribution in [3.05, 3.63) is 170 Å². The molecule has 0 atom stereocenters. The van der Waals surface area contributed by atoms with E-state index in [0.29, 0.717) is 0 Å². The quantitative estimate of drug-likeness (QED) is 0.204. The number of hydrogen-bond acceptors (Lipinski definition) is 3. The maximum atomic E-state index is 6.96. The van der Waals surface area contributed by atoms with Gasteiger partial charge in [-0.25, -0.2) is 0 Å². The van der Waals surface area contributed by atoms with Crippen molar-refractivity contribution >= 4 is 69.3 Å². The zero-order valence-corrected chi connectivity index (χ0v) is 25.6. The van der Waals surface area contributed by atoms with Gasteiger partial charge in [-0.15, -0.1) is 0 Å². The van der Waals surface area contributed by atoms with E-state index in [1.54, 1.807) is 0 Å². The largest absolute Gasteiger partial charge is 0.458 e. The maximum absolute atomic E-state index is 6.96. The lowest BCUT2D eigenvalue weighted by molar-refractivity contribution is 0.488. The molecule has 0 aliphatic carbocycles. The van der Waals surface area contributed by atoms with Crippen LogP contribution in [0, 0.1) is 0 Å². The Bertz CT molecular complexity index is 2310. The van der Waals surface area contributed by atoms with Gasteiger partial charge in [-0.05, 0) is 70.4 Å². The van der Waals surface area contributed by atoms with Gasteiger partial charge in [-0.1, -0.05) is 127 Å². The summed E-state index contributed by atoms with van der Waals surface area (Å²) in [6.07, 6.45) is 0. The van der Waals surface area contributed by atoms with Crippen LogP contribution in [0.3, 0.4) is 0 Å². The zero-order chi connectivity index (χ0) is 30.9. The molecule has 7 aromatic rings. The fraction of sp³-hybridized carbons (Fsp3) is 0. The smallest absolute Gasteiger partial charge is 0.329 e. The second-order valence-electron chi connectivity index (χ2n) is 12.4. The van der Waals surface area contributed by atoms with Gasteiger partial charge in [0.05, 0.1) is 5.69 Å². The van der Waals surface area contributed by atoms with Crippen LogP contribution in [0.25, 0.3) is 11.1 Å². The lowest BCUT2D eigenvalue weighted by Crippen LogP contribution is -2.62. The number of ether oxygens (including phenoxy) is 1. The number of anilines is 5. The first-order valence-electron chi connectivity index (χ1n) is 16.3. The maximum Gasteiger partial charge on any atom is 0.329 e. The second-order valence-corrected chi connectivity index (χ2v) is 12.4. The molecular formula is C42H28B2N2O. The Morgan fingerprint density at radius 1 is 0.468 bits per heavy atom. The topological polar surface area (TPSA) is 15.7 Å². The van der Waals surface area contributed by atoms with Crippen molar-refractivity contribution < 1.29 is 4.74 Å². The molecule has 0 N–H and O–H groups in total. The first-order valence-corrected chi connectivity index (χ1v) is 16.3. The van der Waals surface area contributed by atoms with Gasteiger partial charge < -0.3 is 14.4 Å². The summed E-state index contributed by atoms with van der Waals surface area (Å²) in [6, 6.07) is 61.2. The van der Waals surface area contributed by atoms with Crippen LogP contribution in [0.2, 0.25) is 0 Å². The molecule has 10 rings (SSSR count). The Hall–Kier alpha value is -5.93. The molecule has 5 heteroatoms. The minimum Gasteiger partial charge on any atom is -0.458 e. The van der Waals surface area contributed by atoms with Gasteiger partial charge in [0.25, 0.3) is 6.71 Å². The Labute approximate surface area is 275 Å². The van der Waals surface area contributed by atoms with Crippen LogP contribution in [0.1, 0.15) is 0 Å². The first-order chi connectivity index (χ1) is 23.4. The van der Waals surface area contributed by atoms with E-state index in [1.165, 1.54) is 55.5 Å². The molecule has 3 nitrogen and oxygen atoms in total. The number of nitrogens with zero attached hydrogens (tertiary/aromatic N) is 2. The number of rotatable bonds is 3. The highest BCUT2D eigenvalue weighted by Gasteiger charge is 2.47. The first kappa shape index (κ1) is 26.3. The molecule has 0 bridgehead atoms. The Morgan fingerprint density at radius 3 is 1.83 bits per heavy atom. The summed E-state index contributed by atoms with van der Waals surface area (Å²) < 4.78 is 6.96. The highest BCUT2D eigenvalue weighted by molar-refractivity contribution is 7.00. The highest BCUT2D eigenvalue weighted by atomic mass is 16.5. The minimum absolute atomic E-state index is 0.0425. The second kappa shape index (κ2) is 10.3. The van der Waals surface area contributed by atoms with Crippen LogP contribution in [-0.2, 0) is 0 Å². The van der Waals surface area contributed by atoms with E-state index >= 15 is 0 Å². The van der Waals surface area contributed by atoms with E-state index in [2.05, 4.69) is 180 Å². The molecule has 0 aromatic heterocycles. The molecule has 0 radical (unpaired) electrons. The molecule has 3 aliphatic rings. The van der Waals surface area contributed by atoms with E-state index in [4.69, 9.17) is 4.74 Å². The van der Waals surface area contributed by atoms with Gasteiger partial charge in [0.2, 0.25) is 0 Å². The SMILES string of the molecule is c1ccc(B2c3cc4c5c(c3-c3ccccc3N2c2ccccc2)N(c2ccccc2)c2ccccc2B5c2ccccc2O4)cc1. The summed E-state index contributed by atoms with van der Waals surface area (Å²) in [5, 5.41) is 0. The summed E-state index contributed by atoms with van der Waals surface area (Å²) in [5.41, 5.74) is 14.5. The number of benzene rings is 7. The molecule has 3 heterocycles. The normalized spacial score (nSPS) is 13.5. The highest BCUT2D eigenvalue weighted by Crippen LogP contribution is 2.49.